The van der Waals surface area contributed by atoms with Crippen LogP contribution in [-0.4, -0.2) is 85.9 Å². The van der Waals surface area contributed by atoms with Crippen LogP contribution in [0.4, 0.5) is 4.79 Å². The zero-order valence-electron chi connectivity index (χ0n) is 16.0. The summed E-state index contributed by atoms with van der Waals surface area (Å²) in [7, 11) is 1.75. The number of ether oxygens (including phenoxy) is 2. The van der Waals surface area contributed by atoms with Crippen LogP contribution in [-0.2, 0) is 4.74 Å². The van der Waals surface area contributed by atoms with E-state index >= 15 is 0 Å². The van der Waals surface area contributed by atoms with Crippen molar-refractivity contribution in [3.8, 4) is 5.75 Å². The summed E-state index contributed by atoms with van der Waals surface area (Å²) in [6.07, 6.45) is 2.43. The van der Waals surface area contributed by atoms with E-state index in [0.29, 0.717) is 50.2 Å². The molecule has 27 heavy (non-hydrogen) atoms. The zero-order chi connectivity index (χ0) is 18.4. The third-order valence-corrected chi connectivity index (χ3v) is 7.06. The van der Waals surface area contributed by atoms with Gasteiger partial charge in [0.2, 0.25) is 0 Å². The fourth-order valence-electron chi connectivity index (χ4n) is 5.82. The number of carbonyl (C=O) groups excluding carboxylic acids is 1. The van der Waals surface area contributed by atoms with Gasteiger partial charge in [-0.25, -0.2) is 4.79 Å². The summed E-state index contributed by atoms with van der Waals surface area (Å²) in [6, 6.07) is 9.31. The molecular weight excluding hydrogens is 342 g/mol. The van der Waals surface area contributed by atoms with Crippen molar-refractivity contribution in [1.29, 1.82) is 0 Å². The lowest BCUT2D eigenvalue weighted by Crippen LogP contribution is -2.62. The Balaban J connectivity index is 1.49. The Morgan fingerprint density at radius 3 is 2.56 bits per heavy atom. The van der Waals surface area contributed by atoms with Crippen molar-refractivity contribution in [3.63, 3.8) is 0 Å². The Labute approximate surface area is 161 Å². The van der Waals surface area contributed by atoms with E-state index in [1.807, 2.05) is 17.0 Å². The Morgan fingerprint density at radius 1 is 1.07 bits per heavy atom. The number of morpholine rings is 1. The molecule has 2 amide bonds. The van der Waals surface area contributed by atoms with Gasteiger partial charge < -0.3 is 19.3 Å². The molecular formula is C21H29N3O3. The number of likely N-dealkylation sites (tertiary alicyclic amines) is 1. The van der Waals surface area contributed by atoms with Gasteiger partial charge in [-0.3, -0.25) is 4.90 Å². The maximum absolute atomic E-state index is 13.4. The molecule has 3 atom stereocenters. The lowest BCUT2D eigenvalue weighted by Gasteiger charge is -2.51. The minimum atomic E-state index is 0.208. The van der Waals surface area contributed by atoms with Crippen molar-refractivity contribution >= 4 is 6.03 Å². The third kappa shape index (κ3) is 2.81. The van der Waals surface area contributed by atoms with E-state index in [9.17, 15) is 4.79 Å². The predicted molar refractivity (Wildman–Crippen MR) is 102 cm³/mol. The van der Waals surface area contributed by atoms with Gasteiger partial charge in [-0.05, 0) is 37.9 Å². The van der Waals surface area contributed by atoms with Gasteiger partial charge in [0.05, 0.1) is 26.4 Å². The molecule has 0 aromatic heterocycles. The topological polar surface area (TPSA) is 45.3 Å². The molecule has 146 valence electrons. The van der Waals surface area contributed by atoms with Crippen LogP contribution < -0.4 is 4.74 Å². The molecule has 1 aromatic carbocycles. The number of fused-ring (bicyclic) bond motifs is 2. The second kappa shape index (κ2) is 6.99. The smallest absolute Gasteiger partial charge is 0.320 e. The number of urea groups is 1. The van der Waals surface area contributed by atoms with Crippen LogP contribution in [0.2, 0.25) is 0 Å². The third-order valence-electron chi connectivity index (χ3n) is 7.06. The summed E-state index contributed by atoms with van der Waals surface area (Å²) in [5, 5.41) is 0. The summed E-state index contributed by atoms with van der Waals surface area (Å²) in [5.74, 6) is 1.90. The summed E-state index contributed by atoms with van der Waals surface area (Å²) in [4.78, 5) is 20.2. The molecule has 1 aromatic rings. The van der Waals surface area contributed by atoms with Crippen molar-refractivity contribution in [2.24, 2.45) is 5.92 Å². The van der Waals surface area contributed by atoms with Crippen LogP contribution in [0.3, 0.4) is 0 Å². The SMILES string of the molecule is COc1ccccc1[C@H]1CN(C(=O)N2CCOCC2)[C@@H]2C3CCN(CC3)[C@H]12. The van der Waals surface area contributed by atoms with Crippen molar-refractivity contribution < 1.29 is 14.3 Å². The molecule has 0 radical (unpaired) electrons. The van der Waals surface area contributed by atoms with Crippen molar-refractivity contribution in [1.82, 2.24) is 14.7 Å². The number of amides is 2. The number of rotatable bonds is 2. The fourth-order valence-corrected chi connectivity index (χ4v) is 5.82. The number of benzene rings is 1. The van der Waals surface area contributed by atoms with E-state index in [-0.39, 0.29) is 6.03 Å². The average molecular weight is 371 g/mol. The molecule has 5 aliphatic heterocycles. The normalized spacial score (nSPS) is 35.2. The molecule has 2 bridgehead atoms. The summed E-state index contributed by atoms with van der Waals surface area (Å²) >= 11 is 0. The van der Waals surface area contributed by atoms with E-state index in [2.05, 4.69) is 21.9 Å². The van der Waals surface area contributed by atoms with Gasteiger partial charge in [-0.15, -0.1) is 0 Å². The number of para-hydroxylation sites is 1. The minimum Gasteiger partial charge on any atom is -0.496 e. The molecule has 5 aliphatic rings. The van der Waals surface area contributed by atoms with Gasteiger partial charge in [0.25, 0.3) is 0 Å². The van der Waals surface area contributed by atoms with Crippen LogP contribution in [0.15, 0.2) is 24.3 Å². The Bertz CT molecular complexity index is 698. The molecule has 5 heterocycles. The molecule has 0 N–H and O–H groups in total. The lowest BCUT2D eigenvalue weighted by molar-refractivity contribution is -0.00730. The molecule has 0 spiro atoms. The van der Waals surface area contributed by atoms with Gasteiger partial charge in [0.15, 0.2) is 0 Å². The number of hydrogen-bond donors (Lipinski definition) is 0. The zero-order valence-corrected chi connectivity index (χ0v) is 16.0. The standard InChI is InChI=1S/C21H29N3O3/c1-26-18-5-3-2-4-16(18)17-14-24(21(25)23-10-12-27-13-11-23)19-15-6-8-22(9-7-15)20(17)19/h2-5,15,17,19-20H,6-14H2,1H3/t17-,19-,20-/m1/s1. The van der Waals surface area contributed by atoms with Crippen LogP contribution in [0.5, 0.6) is 5.75 Å². The maximum Gasteiger partial charge on any atom is 0.320 e. The van der Waals surface area contributed by atoms with E-state index in [4.69, 9.17) is 9.47 Å². The highest BCUT2D eigenvalue weighted by Gasteiger charge is 2.55. The Hall–Kier alpha value is -1.79. The van der Waals surface area contributed by atoms with Gasteiger partial charge in [-0.1, -0.05) is 18.2 Å². The Morgan fingerprint density at radius 2 is 1.81 bits per heavy atom. The molecule has 6 heteroatoms. The lowest BCUT2D eigenvalue weighted by atomic mass is 9.75. The molecule has 0 aliphatic carbocycles. The summed E-state index contributed by atoms with van der Waals surface area (Å²) in [5.41, 5.74) is 1.25. The molecule has 0 unspecified atom stereocenters. The molecule has 0 saturated carbocycles. The molecule has 6 nitrogen and oxygen atoms in total. The first-order valence-corrected chi connectivity index (χ1v) is 10.3. The van der Waals surface area contributed by atoms with Gasteiger partial charge in [0.1, 0.15) is 5.75 Å². The average Bonchev–Trinajstić information content (AvgIpc) is 3.17. The van der Waals surface area contributed by atoms with Crippen molar-refractivity contribution in [2.45, 2.75) is 30.8 Å². The number of hydrogen-bond acceptors (Lipinski definition) is 4. The van der Waals surface area contributed by atoms with Crippen molar-refractivity contribution in [3.05, 3.63) is 29.8 Å². The molecule has 5 fully saturated rings. The monoisotopic (exact) mass is 371 g/mol. The van der Waals surface area contributed by atoms with Gasteiger partial charge in [0, 0.05) is 37.2 Å². The highest BCUT2D eigenvalue weighted by Crippen LogP contribution is 2.48. The quantitative estimate of drug-likeness (QED) is 0.798. The number of carbonyl (C=O) groups is 1. The first-order valence-electron chi connectivity index (χ1n) is 10.3. The van der Waals surface area contributed by atoms with Gasteiger partial charge in [-0.2, -0.15) is 0 Å². The van der Waals surface area contributed by atoms with Crippen LogP contribution in [0, 0.1) is 5.92 Å². The first kappa shape index (κ1) is 17.3. The fraction of sp³-hybridized carbons (Fsp3) is 0.667. The van der Waals surface area contributed by atoms with Gasteiger partial charge >= 0.3 is 6.03 Å². The second-order valence-electron chi connectivity index (χ2n) is 8.24. The number of piperidine rings is 3. The highest BCUT2D eigenvalue weighted by molar-refractivity contribution is 5.76. The first-order chi connectivity index (χ1) is 13.3. The van der Waals surface area contributed by atoms with Crippen LogP contribution >= 0.6 is 0 Å². The van der Waals surface area contributed by atoms with E-state index in [1.165, 1.54) is 18.4 Å². The largest absolute Gasteiger partial charge is 0.496 e. The van der Waals surface area contributed by atoms with E-state index in [0.717, 1.165) is 25.4 Å². The molecule has 5 saturated heterocycles. The van der Waals surface area contributed by atoms with E-state index in [1.54, 1.807) is 7.11 Å². The van der Waals surface area contributed by atoms with Crippen LogP contribution in [0.25, 0.3) is 0 Å². The number of nitrogens with zero attached hydrogens (tertiary/aromatic N) is 3. The second-order valence-corrected chi connectivity index (χ2v) is 8.24. The maximum atomic E-state index is 13.4. The molecule has 6 rings (SSSR count). The summed E-state index contributed by atoms with van der Waals surface area (Å²) in [6.45, 7) is 5.84. The number of methoxy groups -OCH3 is 1. The summed E-state index contributed by atoms with van der Waals surface area (Å²) < 4.78 is 11.1. The van der Waals surface area contributed by atoms with Crippen LogP contribution in [0.1, 0.15) is 24.3 Å². The highest BCUT2D eigenvalue weighted by atomic mass is 16.5. The van der Waals surface area contributed by atoms with Crippen molar-refractivity contribution in [2.75, 3.05) is 53.0 Å². The Kier molecular flexibility index (Phi) is 4.48. The minimum absolute atomic E-state index is 0.208. The van der Waals surface area contributed by atoms with E-state index < -0.39 is 0 Å². The predicted octanol–water partition coefficient (Wildman–Crippen LogP) is 2.01.